The van der Waals surface area contributed by atoms with E-state index >= 15 is 0 Å². The van der Waals surface area contributed by atoms with E-state index in [1.165, 1.54) is 24.1 Å². The topological polar surface area (TPSA) is 29.3 Å². The molecule has 0 bridgehead atoms. The molecule has 0 atom stereocenters. The average molecular weight is 190 g/mol. The second-order valence-corrected chi connectivity index (χ2v) is 3.94. The third kappa shape index (κ3) is 1.69. The van der Waals surface area contributed by atoms with Crippen LogP contribution in [0.15, 0.2) is 18.2 Å². The fourth-order valence-corrected chi connectivity index (χ4v) is 2.07. The second kappa shape index (κ2) is 3.91. The van der Waals surface area contributed by atoms with Gasteiger partial charge in [-0.25, -0.2) is 0 Å². The van der Waals surface area contributed by atoms with Crippen LogP contribution >= 0.6 is 0 Å². The van der Waals surface area contributed by atoms with Crippen LogP contribution in [0.25, 0.3) is 0 Å². The van der Waals surface area contributed by atoms with Crippen molar-refractivity contribution in [2.45, 2.75) is 26.2 Å². The van der Waals surface area contributed by atoms with Crippen LogP contribution in [0.3, 0.4) is 0 Å². The first-order chi connectivity index (χ1) is 6.81. The number of hydrogen-bond donors (Lipinski definition) is 1. The second-order valence-electron chi connectivity index (χ2n) is 3.94. The zero-order valence-corrected chi connectivity index (χ0v) is 8.79. The van der Waals surface area contributed by atoms with E-state index in [0.29, 0.717) is 0 Å². The molecule has 0 aromatic heterocycles. The minimum absolute atomic E-state index is 0.936. The van der Waals surface area contributed by atoms with Crippen molar-refractivity contribution in [3.63, 3.8) is 0 Å². The maximum Gasteiger partial charge on any atom is 0.0600 e. The molecule has 14 heavy (non-hydrogen) atoms. The molecule has 2 rings (SSSR count). The first-order valence-corrected chi connectivity index (χ1v) is 5.44. The van der Waals surface area contributed by atoms with Gasteiger partial charge in [0.15, 0.2) is 0 Å². The summed E-state index contributed by atoms with van der Waals surface area (Å²) in [4.78, 5) is 2.38. The Morgan fingerprint density at radius 2 is 2.00 bits per heavy atom. The average Bonchev–Trinajstić information content (AvgIpc) is 2.70. The van der Waals surface area contributed by atoms with Crippen LogP contribution in [-0.2, 0) is 6.42 Å². The van der Waals surface area contributed by atoms with Gasteiger partial charge in [0, 0.05) is 13.1 Å². The van der Waals surface area contributed by atoms with Gasteiger partial charge in [0.25, 0.3) is 0 Å². The first kappa shape index (κ1) is 9.38. The van der Waals surface area contributed by atoms with Crippen LogP contribution in [0.1, 0.15) is 25.3 Å². The molecule has 0 unspecified atom stereocenters. The quantitative estimate of drug-likeness (QED) is 0.726. The van der Waals surface area contributed by atoms with Crippen molar-refractivity contribution in [3.05, 3.63) is 23.8 Å². The molecule has 0 saturated carbocycles. The van der Waals surface area contributed by atoms with Crippen LogP contribution in [0.5, 0.6) is 0 Å². The lowest BCUT2D eigenvalue weighted by molar-refractivity contribution is 0.949. The van der Waals surface area contributed by atoms with Crippen LogP contribution in [0.4, 0.5) is 11.4 Å². The summed E-state index contributed by atoms with van der Waals surface area (Å²) in [5.41, 5.74) is 9.52. The Balaban J connectivity index is 2.25. The smallest absolute Gasteiger partial charge is 0.0600 e. The Morgan fingerprint density at radius 3 is 2.57 bits per heavy atom. The summed E-state index contributed by atoms with van der Waals surface area (Å²) in [6, 6.07) is 6.46. The molecule has 1 aromatic rings. The summed E-state index contributed by atoms with van der Waals surface area (Å²) >= 11 is 0. The van der Waals surface area contributed by atoms with Crippen molar-refractivity contribution in [2.75, 3.05) is 23.7 Å². The van der Waals surface area contributed by atoms with Gasteiger partial charge in [-0.1, -0.05) is 13.0 Å². The van der Waals surface area contributed by atoms with Crippen molar-refractivity contribution in [1.82, 2.24) is 0 Å². The van der Waals surface area contributed by atoms with E-state index in [-0.39, 0.29) is 0 Å². The van der Waals surface area contributed by atoms with Gasteiger partial charge in [-0.3, -0.25) is 0 Å². The molecule has 1 saturated heterocycles. The zero-order valence-electron chi connectivity index (χ0n) is 8.79. The van der Waals surface area contributed by atoms with Crippen LogP contribution in [0.2, 0.25) is 0 Å². The van der Waals surface area contributed by atoms with Gasteiger partial charge in [0.1, 0.15) is 0 Å². The molecule has 1 aromatic carbocycles. The highest BCUT2D eigenvalue weighted by atomic mass is 15.1. The van der Waals surface area contributed by atoms with E-state index in [9.17, 15) is 0 Å². The molecule has 0 spiro atoms. The zero-order chi connectivity index (χ0) is 9.97. The molecule has 1 heterocycles. The monoisotopic (exact) mass is 190 g/mol. The molecule has 2 nitrogen and oxygen atoms in total. The summed E-state index contributed by atoms with van der Waals surface area (Å²) in [5, 5.41) is 0. The van der Waals surface area contributed by atoms with Crippen LogP contribution in [-0.4, -0.2) is 13.1 Å². The summed E-state index contributed by atoms with van der Waals surface area (Å²) in [6.07, 6.45) is 3.66. The van der Waals surface area contributed by atoms with E-state index in [1.54, 1.807) is 0 Å². The van der Waals surface area contributed by atoms with Gasteiger partial charge < -0.3 is 10.6 Å². The molecule has 2 N–H and O–H groups in total. The van der Waals surface area contributed by atoms with E-state index in [4.69, 9.17) is 5.73 Å². The lowest BCUT2D eigenvalue weighted by Crippen LogP contribution is -2.18. The van der Waals surface area contributed by atoms with E-state index < -0.39 is 0 Å². The maximum atomic E-state index is 6.04. The number of rotatable bonds is 2. The standard InChI is InChI=1S/C12H18N2/c1-2-10-5-6-12(11(13)9-10)14-7-3-4-8-14/h5-6,9H,2-4,7-8,13H2,1H3. The van der Waals surface area contributed by atoms with E-state index in [1.807, 2.05) is 0 Å². The molecule has 1 fully saturated rings. The largest absolute Gasteiger partial charge is 0.397 e. The van der Waals surface area contributed by atoms with Gasteiger partial charge in [-0.05, 0) is 37.0 Å². The van der Waals surface area contributed by atoms with Gasteiger partial charge in [0.05, 0.1) is 11.4 Å². The SMILES string of the molecule is CCc1ccc(N2CCCC2)c(N)c1. The fraction of sp³-hybridized carbons (Fsp3) is 0.500. The summed E-state index contributed by atoms with van der Waals surface area (Å²) < 4.78 is 0. The molecule has 0 amide bonds. The van der Waals surface area contributed by atoms with Crippen molar-refractivity contribution in [2.24, 2.45) is 0 Å². The molecule has 0 aliphatic carbocycles. The molecule has 76 valence electrons. The minimum Gasteiger partial charge on any atom is -0.397 e. The number of nitrogen functional groups attached to an aromatic ring is 1. The molecule has 1 aliphatic rings. The Bertz CT molecular complexity index is 314. The fourth-order valence-electron chi connectivity index (χ4n) is 2.07. The summed E-state index contributed by atoms with van der Waals surface area (Å²) in [7, 11) is 0. The van der Waals surface area contributed by atoms with Gasteiger partial charge >= 0.3 is 0 Å². The highest BCUT2D eigenvalue weighted by Crippen LogP contribution is 2.27. The third-order valence-corrected chi connectivity index (χ3v) is 2.95. The van der Waals surface area contributed by atoms with Crippen molar-refractivity contribution in [3.8, 4) is 0 Å². The summed E-state index contributed by atoms with van der Waals surface area (Å²) in [6.45, 7) is 4.48. The first-order valence-electron chi connectivity index (χ1n) is 5.44. The predicted molar refractivity (Wildman–Crippen MR) is 61.7 cm³/mol. The molecular weight excluding hydrogens is 172 g/mol. The number of hydrogen-bond acceptors (Lipinski definition) is 2. The number of aryl methyl sites for hydroxylation is 1. The van der Waals surface area contributed by atoms with Gasteiger partial charge in [-0.2, -0.15) is 0 Å². The number of nitrogens with two attached hydrogens (primary N) is 1. The lowest BCUT2D eigenvalue weighted by atomic mass is 10.1. The Kier molecular flexibility index (Phi) is 2.62. The van der Waals surface area contributed by atoms with Crippen molar-refractivity contribution < 1.29 is 0 Å². The van der Waals surface area contributed by atoms with Gasteiger partial charge in [0.2, 0.25) is 0 Å². The Labute approximate surface area is 85.7 Å². The van der Waals surface area contributed by atoms with Crippen molar-refractivity contribution >= 4 is 11.4 Å². The normalized spacial score (nSPS) is 16.2. The Morgan fingerprint density at radius 1 is 1.29 bits per heavy atom. The maximum absolute atomic E-state index is 6.04. The molecule has 0 radical (unpaired) electrons. The highest BCUT2D eigenvalue weighted by molar-refractivity contribution is 5.68. The molecule has 2 heteroatoms. The van der Waals surface area contributed by atoms with Crippen LogP contribution < -0.4 is 10.6 Å². The van der Waals surface area contributed by atoms with E-state index in [0.717, 1.165) is 25.2 Å². The molecular formula is C12H18N2. The van der Waals surface area contributed by atoms with E-state index in [2.05, 4.69) is 30.0 Å². The predicted octanol–water partition coefficient (Wildman–Crippen LogP) is 2.43. The Hall–Kier alpha value is -1.18. The van der Waals surface area contributed by atoms with Crippen LogP contribution in [0, 0.1) is 0 Å². The molecule has 1 aliphatic heterocycles. The number of benzene rings is 1. The number of anilines is 2. The van der Waals surface area contributed by atoms with Gasteiger partial charge in [-0.15, -0.1) is 0 Å². The minimum atomic E-state index is 0.936. The third-order valence-electron chi connectivity index (χ3n) is 2.95. The lowest BCUT2D eigenvalue weighted by Gasteiger charge is -2.20. The summed E-state index contributed by atoms with van der Waals surface area (Å²) in [5.74, 6) is 0. The number of nitrogens with zero attached hydrogens (tertiary/aromatic N) is 1. The van der Waals surface area contributed by atoms with Crippen molar-refractivity contribution in [1.29, 1.82) is 0 Å². The highest BCUT2D eigenvalue weighted by Gasteiger charge is 2.14.